The molecule has 0 atom stereocenters. The van der Waals surface area contributed by atoms with Crippen LogP contribution in [0.1, 0.15) is 17.8 Å². The molecule has 1 aromatic carbocycles. The number of benzene rings is 1. The third kappa shape index (κ3) is 4.74. The molecular formula is C16H21N5OS. The molecule has 1 aliphatic heterocycles. The fraction of sp³-hybridized carbons (Fsp3) is 0.438. The van der Waals surface area contributed by atoms with Gasteiger partial charge in [-0.05, 0) is 31.9 Å². The zero-order valence-electron chi connectivity index (χ0n) is 13.2. The summed E-state index contributed by atoms with van der Waals surface area (Å²) in [7, 11) is 0. The first-order valence-corrected chi connectivity index (χ1v) is 8.64. The minimum absolute atomic E-state index is 0.0438. The molecule has 0 bridgehead atoms. The van der Waals surface area contributed by atoms with E-state index in [1.807, 2.05) is 37.3 Å². The van der Waals surface area contributed by atoms with Crippen LogP contribution >= 0.6 is 11.3 Å². The van der Waals surface area contributed by atoms with E-state index in [1.165, 1.54) is 0 Å². The molecule has 1 saturated heterocycles. The highest BCUT2D eigenvalue weighted by atomic mass is 32.1. The summed E-state index contributed by atoms with van der Waals surface area (Å²) in [6.07, 6.45) is 2.02. The topological polar surface area (TPSA) is 70.2 Å². The molecule has 0 radical (unpaired) electrons. The molecule has 23 heavy (non-hydrogen) atoms. The van der Waals surface area contributed by atoms with Gasteiger partial charge in [0.2, 0.25) is 11.0 Å². The number of aryl methyl sites for hydroxylation is 1. The van der Waals surface area contributed by atoms with Crippen molar-refractivity contribution in [3.63, 3.8) is 0 Å². The molecule has 1 fully saturated rings. The van der Waals surface area contributed by atoms with Gasteiger partial charge in [-0.2, -0.15) is 0 Å². The van der Waals surface area contributed by atoms with Gasteiger partial charge in [0.15, 0.2) is 0 Å². The Hall–Kier alpha value is -1.99. The zero-order valence-corrected chi connectivity index (χ0v) is 14.0. The van der Waals surface area contributed by atoms with Crippen molar-refractivity contribution in [2.75, 3.05) is 30.3 Å². The number of carbonyl (C=O) groups excluding carboxylic acids is 1. The molecule has 3 rings (SSSR count). The minimum atomic E-state index is 0.0438. The number of amides is 1. The van der Waals surface area contributed by atoms with Crippen LogP contribution in [0, 0.1) is 6.92 Å². The Morgan fingerprint density at radius 3 is 2.65 bits per heavy atom. The van der Waals surface area contributed by atoms with Gasteiger partial charge in [-0.1, -0.05) is 29.5 Å². The van der Waals surface area contributed by atoms with Crippen molar-refractivity contribution in [1.29, 1.82) is 0 Å². The SMILES string of the molecule is Cc1nnc(NC2CCN(CC(=O)Nc3ccccc3)CC2)s1. The molecule has 6 nitrogen and oxygen atoms in total. The van der Waals surface area contributed by atoms with E-state index in [4.69, 9.17) is 0 Å². The van der Waals surface area contributed by atoms with Crippen molar-refractivity contribution in [3.05, 3.63) is 35.3 Å². The molecule has 2 N–H and O–H groups in total. The average Bonchev–Trinajstić information content (AvgIpc) is 2.95. The van der Waals surface area contributed by atoms with Crippen LogP contribution in [0.15, 0.2) is 30.3 Å². The number of hydrogen-bond acceptors (Lipinski definition) is 6. The van der Waals surface area contributed by atoms with Crippen molar-refractivity contribution in [3.8, 4) is 0 Å². The van der Waals surface area contributed by atoms with E-state index in [0.717, 1.165) is 41.8 Å². The lowest BCUT2D eigenvalue weighted by atomic mass is 10.1. The van der Waals surface area contributed by atoms with Crippen molar-refractivity contribution in [2.24, 2.45) is 0 Å². The van der Waals surface area contributed by atoms with E-state index < -0.39 is 0 Å². The monoisotopic (exact) mass is 331 g/mol. The first-order chi connectivity index (χ1) is 11.2. The van der Waals surface area contributed by atoms with Crippen LogP contribution in [-0.4, -0.2) is 46.7 Å². The summed E-state index contributed by atoms with van der Waals surface area (Å²) in [6, 6.07) is 9.99. The second kappa shape index (κ2) is 7.52. The van der Waals surface area contributed by atoms with Gasteiger partial charge in [0.05, 0.1) is 6.54 Å². The minimum Gasteiger partial charge on any atom is -0.357 e. The van der Waals surface area contributed by atoms with Gasteiger partial charge in [0.25, 0.3) is 0 Å². The van der Waals surface area contributed by atoms with E-state index in [1.54, 1.807) is 11.3 Å². The standard InChI is InChI=1S/C16H21N5OS/c1-12-19-20-16(23-12)18-14-7-9-21(10-8-14)11-15(22)17-13-5-3-2-4-6-13/h2-6,14H,7-11H2,1H3,(H,17,22)(H,18,20). The second-order valence-corrected chi connectivity index (χ2v) is 6.92. The summed E-state index contributed by atoms with van der Waals surface area (Å²) in [6.45, 7) is 4.23. The number of nitrogens with one attached hydrogen (secondary N) is 2. The number of rotatable bonds is 5. The molecule has 2 aromatic rings. The molecule has 1 amide bonds. The number of para-hydroxylation sites is 1. The van der Waals surface area contributed by atoms with E-state index in [9.17, 15) is 4.79 Å². The normalized spacial score (nSPS) is 16.2. The summed E-state index contributed by atoms with van der Waals surface area (Å²) >= 11 is 1.58. The number of likely N-dealkylation sites (tertiary alicyclic amines) is 1. The number of hydrogen-bond donors (Lipinski definition) is 2. The number of carbonyl (C=O) groups is 1. The molecular weight excluding hydrogens is 310 g/mol. The Morgan fingerprint density at radius 1 is 1.26 bits per heavy atom. The number of nitrogens with zero attached hydrogens (tertiary/aromatic N) is 3. The molecule has 1 aliphatic rings. The summed E-state index contributed by atoms with van der Waals surface area (Å²) in [4.78, 5) is 14.3. The lowest BCUT2D eigenvalue weighted by Gasteiger charge is -2.31. The average molecular weight is 331 g/mol. The van der Waals surface area contributed by atoms with Gasteiger partial charge in [-0.3, -0.25) is 9.69 Å². The maximum absolute atomic E-state index is 12.1. The van der Waals surface area contributed by atoms with E-state index in [-0.39, 0.29) is 5.91 Å². The van der Waals surface area contributed by atoms with Crippen LogP contribution in [0.5, 0.6) is 0 Å². The van der Waals surface area contributed by atoms with Crippen LogP contribution in [0.4, 0.5) is 10.8 Å². The lowest BCUT2D eigenvalue weighted by Crippen LogP contribution is -2.42. The summed E-state index contributed by atoms with van der Waals surface area (Å²) in [5, 5.41) is 16.4. The molecule has 0 spiro atoms. The molecule has 7 heteroatoms. The Labute approximate surface area is 139 Å². The summed E-state index contributed by atoms with van der Waals surface area (Å²) in [5.74, 6) is 0.0438. The molecule has 0 unspecified atom stereocenters. The van der Waals surface area contributed by atoms with Crippen LogP contribution in [-0.2, 0) is 4.79 Å². The fourth-order valence-electron chi connectivity index (χ4n) is 2.69. The largest absolute Gasteiger partial charge is 0.357 e. The smallest absolute Gasteiger partial charge is 0.238 e. The first-order valence-electron chi connectivity index (χ1n) is 7.83. The number of aromatic nitrogens is 2. The number of anilines is 2. The van der Waals surface area contributed by atoms with Crippen molar-refractivity contribution in [2.45, 2.75) is 25.8 Å². The van der Waals surface area contributed by atoms with Gasteiger partial charge in [0, 0.05) is 24.8 Å². The van der Waals surface area contributed by atoms with Gasteiger partial charge in [-0.25, -0.2) is 0 Å². The third-order valence-electron chi connectivity index (χ3n) is 3.87. The maximum atomic E-state index is 12.1. The Bertz CT molecular complexity index is 637. The van der Waals surface area contributed by atoms with Crippen LogP contribution in [0.2, 0.25) is 0 Å². The Morgan fingerprint density at radius 2 is 2.00 bits per heavy atom. The van der Waals surface area contributed by atoms with Crippen LogP contribution < -0.4 is 10.6 Å². The van der Waals surface area contributed by atoms with E-state index in [2.05, 4.69) is 25.7 Å². The van der Waals surface area contributed by atoms with Gasteiger partial charge < -0.3 is 10.6 Å². The predicted octanol–water partition coefficient (Wildman–Crippen LogP) is 2.36. The highest BCUT2D eigenvalue weighted by Gasteiger charge is 2.21. The summed E-state index contributed by atoms with van der Waals surface area (Å²) in [5.41, 5.74) is 0.848. The van der Waals surface area contributed by atoms with Crippen molar-refractivity contribution in [1.82, 2.24) is 15.1 Å². The Kier molecular flexibility index (Phi) is 5.19. The first kappa shape index (κ1) is 15.9. The van der Waals surface area contributed by atoms with E-state index in [0.29, 0.717) is 12.6 Å². The highest BCUT2D eigenvalue weighted by molar-refractivity contribution is 7.15. The quantitative estimate of drug-likeness (QED) is 0.880. The molecule has 0 saturated carbocycles. The molecule has 2 heterocycles. The van der Waals surface area contributed by atoms with Crippen molar-refractivity contribution < 1.29 is 4.79 Å². The van der Waals surface area contributed by atoms with Gasteiger partial charge in [-0.15, -0.1) is 10.2 Å². The Balaban J connectivity index is 1.41. The van der Waals surface area contributed by atoms with Gasteiger partial charge >= 0.3 is 0 Å². The lowest BCUT2D eigenvalue weighted by molar-refractivity contribution is -0.117. The van der Waals surface area contributed by atoms with Crippen molar-refractivity contribution >= 4 is 28.1 Å². The second-order valence-electron chi connectivity index (χ2n) is 5.74. The zero-order chi connectivity index (χ0) is 16.1. The maximum Gasteiger partial charge on any atom is 0.238 e. The molecule has 1 aromatic heterocycles. The predicted molar refractivity (Wildman–Crippen MR) is 92.8 cm³/mol. The highest BCUT2D eigenvalue weighted by Crippen LogP contribution is 2.19. The van der Waals surface area contributed by atoms with E-state index >= 15 is 0 Å². The van der Waals surface area contributed by atoms with Crippen LogP contribution in [0.3, 0.4) is 0 Å². The molecule has 122 valence electrons. The number of piperidine rings is 1. The van der Waals surface area contributed by atoms with Gasteiger partial charge in [0.1, 0.15) is 5.01 Å². The molecule has 0 aliphatic carbocycles. The van der Waals surface area contributed by atoms with Crippen LogP contribution in [0.25, 0.3) is 0 Å². The third-order valence-corrected chi connectivity index (χ3v) is 4.64. The fourth-order valence-corrected chi connectivity index (χ4v) is 3.36. The summed E-state index contributed by atoms with van der Waals surface area (Å²) < 4.78 is 0.